The minimum absolute atomic E-state index is 0.153. The SMILES string of the molecule is CCc1noc(CN(C)C2COCC2C(=O)O)n1. The van der Waals surface area contributed by atoms with Gasteiger partial charge in [0.2, 0.25) is 5.89 Å². The maximum atomic E-state index is 11.1. The number of likely N-dealkylation sites (N-methyl/N-ethyl adjacent to an activating group) is 1. The highest BCUT2D eigenvalue weighted by Crippen LogP contribution is 2.20. The second-order valence-corrected chi connectivity index (χ2v) is 4.42. The predicted octanol–water partition coefficient (Wildman–Crippen LogP) is 0.163. The fourth-order valence-corrected chi connectivity index (χ4v) is 2.04. The van der Waals surface area contributed by atoms with Gasteiger partial charge in [-0.15, -0.1) is 0 Å². The van der Waals surface area contributed by atoms with Gasteiger partial charge < -0.3 is 14.4 Å². The summed E-state index contributed by atoms with van der Waals surface area (Å²) in [5, 5.41) is 12.9. The van der Waals surface area contributed by atoms with E-state index in [-0.39, 0.29) is 12.6 Å². The Hall–Kier alpha value is -1.47. The molecule has 2 rings (SSSR count). The van der Waals surface area contributed by atoms with Crippen LogP contribution in [-0.4, -0.2) is 52.4 Å². The van der Waals surface area contributed by atoms with Crippen molar-refractivity contribution in [3.63, 3.8) is 0 Å². The topological polar surface area (TPSA) is 88.7 Å². The highest BCUT2D eigenvalue weighted by Gasteiger charge is 2.37. The monoisotopic (exact) mass is 255 g/mol. The molecule has 0 aliphatic carbocycles. The molecule has 2 heterocycles. The third kappa shape index (κ3) is 2.68. The molecular weight excluding hydrogens is 238 g/mol. The number of carbonyl (C=O) groups is 1. The largest absolute Gasteiger partial charge is 0.481 e. The van der Waals surface area contributed by atoms with Gasteiger partial charge in [-0.3, -0.25) is 9.69 Å². The summed E-state index contributed by atoms with van der Waals surface area (Å²) in [6.07, 6.45) is 0.720. The van der Waals surface area contributed by atoms with Gasteiger partial charge in [-0.1, -0.05) is 12.1 Å². The summed E-state index contributed by atoms with van der Waals surface area (Å²) in [6.45, 7) is 3.06. The average Bonchev–Trinajstić information content (AvgIpc) is 2.96. The van der Waals surface area contributed by atoms with Gasteiger partial charge >= 0.3 is 5.97 Å². The highest BCUT2D eigenvalue weighted by atomic mass is 16.5. The Morgan fingerprint density at radius 1 is 1.56 bits per heavy atom. The van der Waals surface area contributed by atoms with Crippen LogP contribution in [0.5, 0.6) is 0 Å². The average molecular weight is 255 g/mol. The summed E-state index contributed by atoms with van der Waals surface area (Å²) >= 11 is 0. The first-order valence-corrected chi connectivity index (χ1v) is 5.94. The van der Waals surface area contributed by atoms with Crippen LogP contribution < -0.4 is 0 Å². The number of rotatable bonds is 5. The standard InChI is InChI=1S/C11H17N3O4/c1-3-9-12-10(18-13-9)4-14(2)8-6-17-5-7(8)11(15)16/h7-8H,3-6H2,1-2H3,(H,15,16). The minimum atomic E-state index is -0.830. The quantitative estimate of drug-likeness (QED) is 0.801. The van der Waals surface area contributed by atoms with Crippen molar-refractivity contribution in [1.29, 1.82) is 0 Å². The Morgan fingerprint density at radius 3 is 2.94 bits per heavy atom. The number of hydrogen-bond acceptors (Lipinski definition) is 6. The molecule has 100 valence electrons. The lowest BCUT2D eigenvalue weighted by Gasteiger charge is -2.24. The van der Waals surface area contributed by atoms with E-state index in [0.717, 1.165) is 6.42 Å². The molecule has 1 N–H and O–H groups in total. The van der Waals surface area contributed by atoms with E-state index in [1.807, 2.05) is 18.9 Å². The second-order valence-electron chi connectivity index (χ2n) is 4.42. The van der Waals surface area contributed by atoms with Gasteiger partial charge in [0.1, 0.15) is 0 Å². The highest BCUT2D eigenvalue weighted by molar-refractivity contribution is 5.71. The van der Waals surface area contributed by atoms with Crippen LogP contribution in [0.15, 0.2) is 4.52 Å². The molecule has 0 amide bonds. The van der Waals surface area contributed by atoms with E-state index in [1.54, 1.807) is 0 Å². The first kappa shape index (κ1) is 13.0. The fourth-order valence-electron chi connectivity index (χ4n) is 2.04. The number of carboxylic acids is 1. The number of nitrogens with zero attached hydrogens (tertiary/aromatic N) is 3. The summed E-state index contributed by atoms with van der Waals surface area (Å²) in [5.41, 5.74) is 0. The molecule has 1 aromatic rings. The Morgan fingerprint density at radius 2 is 2.33 bits per heavy atom. The van der Waals surface area contributed by atoms with Gasteiger partial charge in [0, 0.05) is 12.5 Å². The molecule has 0 spiro atoms. The van der Waals surface area contributed by atoms with Crippen molar-refractivity contribution in [2.75, 3.05) is 20.3 Å². The van der Waals surface area contributed by atoms with E-state index >= 15 is 0 Å². The normalized spacial score (nSPS) is 23.7. The lowest BCUT2D eigenvalue weighted by Crippen LogP contribution is -2.40. The molecule has 7 heteroatoms. The zero-order valence-electron chi connectivity index (χ0n) is 10.5. The Kier molecular flexibility index (Phi) is 3.93. The zero-order valence-corrected chi connectivity index (χ0v) is 10.5. The molecule has 0 saturated carbocycles. The van der Waals surface area contributed by atoms with Crippen LogP contribution in [0.25, 0.3) is 0 Å². The lowest BCUT2D eigenvalue weighted by molar-refractivity contribution is -0.143. The van der Waals surface area contributed by atoms with Crippen LogP contribution in [-0.2, 0) is 22.5 Å². The number of ether oxygens (including phenoxy) is 1. The predicted molar refractivity (Wildman–Crippen MR) is 60.9 cm³/mol. The minimum Gasteiger partial charge on any atom is -0.481 e. The van der Waals surface area contributed by atoms with Crippen LogP contribution in [0.4, 0.5) is 0 Å². The number of hydrogen-bond donors (Lipinski definition) is 1. The Labute approximate surface area is 105 Å². The smallest absolute Gasteiger partial charge is 0.310 e. The van der Waals surface area contributed by atoms with Gasteiger partial charge in [0.15, 0.2) is 5.82 Å². The van der Waals surface area contributed by atoms with Crippen molar-refractivity contribution >= 4 is 5.97 Å². The van der Waals surface area contributed by atoms with Crippen LogP contribution in [0.1, 0.15) is 18.6 Å². The Bertz CT molecular complexity index is 420. The number of carboxylic acid groups (broad SMARTS) is 1. The van der Waals surface area contributed by atoms with Crippen LogP contribution in [0.3, 0.4) is 0 Å². The van der Waals surface area contributed by atoms with Crippen molar-refractivity contribution < 1.29 is 19.2 Å². The van der Waals surface area contributed by atoms with Gasteiger partial charge in [0.25, 0.3) is 0 Å². The molecule has 1 saturated heterocycles. The molecule has 1 aromatic heterocycles. The van der Waals surface area contributed by atoms with Crippen LogP contribution in [0.2, 0.25) is 0 Å². The molecular formula is C11H17N3O4. The summed E-state index contributed by atoms with van der Waals surface area (Å²) in [5.74, 6) is -0.158. The van der Waals surface area contributed by atoms with E-state index in [9.17, 15) is 4.79 Å². The maximum absolute atomic E-state index is 11.1. The molecule has 2 unspecified atom stereocenters. The van der Waals surface area contributed by atoms with E-state index in [2.05, 4.69) is 10.1 Å². The van der Waals surface area contributed by atoms with Gasteiger partial charge in [-0.05, 0) is 7.05 Å². The van der Waals surface area contributed by atoms with Crippen molar-refractivity contribution in [3.8, 4) is 0 Å². The summed E-state index contributed by atoms with van der Waals surface area (Å²) in [4.78, 5) is 17.2. The summed E-state index contributed by atoms with van der Waals surface area (Å²) in [6, 6.07) is -0.153. The third-order valence-electron chi connectivity index (χ3n) is 3.14. The molecule has 7 nitrogen and oxygen atoms in total. The van der Waals surface area contributed by atoms with Gasteiger partial charge in [0.05, 0.1) is 25.7 Å². The van der Waals surface area contributed by atoms with E-state index in [4.69, 9.17) is 14.4 Å². The molecule has 1 fully saturated rings. The summed E-state index contributed by atoms with van der Waals surface area (Å²) < 4.78 is 10.3. The zero-order chi connectivity index (χ0) is 13.1. The number of aromatic nitrogens is 2. The first-order valence-electron chi connectivity index (χ1n) is 5.94. The van der Waals surface area contributed by atoms with E-state index < -0.39 is 11.9 Å². The van der Waals surface area contributed by atoms with E-state index in [0.29, 0.717) is 24.9 Å². The van der Waals surface area contributed by atoms with Crippen molar-refractivity contribution in [2.45, 2.75) is 25.9 Å². The van der Waals surface area contributed by atoms with Crippen LogP contribution in [0, 0.1) is 5.92 Å². The molecule has 0 radical (unpaired) electrons. The van der Waals surface area contributed by atoms with Crippen molar-refractivity contribution in [3.05, 3.63) is 11.7 Å². The molecule has 0 aromatic carbocycles. The first-order chi connectivity index (χ1) is 8.61. The molecule has 2 atom stereocenters. The van der Waals surface area contributed by atoms with Crippen molar-refractivity contribution in [1.82, 2.24) is 15.0 Å². The van der Waals surface area contributed by atoms with E-state index in [1.165, 1.54) is 0 Å². The molecule has 18 heavy (non-hydrogen) atoms. The lowest BCUT2D eigenvalue weighted by atomic mass is 10.0. The third-order valence-corrected chi connectivity index (χ3v) is 3.14. The fraction of sp³-hybridized carbons (Fsp3) is 0.727. The maximum Gasteiger partial charge on any atom is 0.310 e. The van der Waals surface area contributed by atoms with Gasteiger partial charge in [-0.2, -0.15) is 4.98 Å². The molecule has 1 aliphatic rings. The van der Waals surface area contributed by atoms with Gasteiger partial charge in [-0.25, -0.2) is 0 Å². The number of aliphatic carboxylic acids is 1. The second kappa shape index (κ2) is 5.45. The van der Waals surface area contributed by atoms with Crippen molar-refractivity contribution in [2.24, 2.45) is 5.92 Å². The Balaban J connectivity index is 1.98. The molecule has 1 aliphatic heterocycles. The molecule has 0 bridgehead atoms. The summed E-state index contributed by atoms with van der Waals surface area (Å²) in [7, 11) is 1.84. The van der Waals surface area contributed by atoms with Crippen LogP contribution >= 0.6 is 0 Å². The number of aryl methyl sites for hydroxylation is 1.